The number of carbonyl (C=O) groups excluding carboxylic acids is 1. The summed E-state index contributed by atoms with van der Waals surface area (Å²) in [7, 11) is 0. The maximum Gasteiger partial charge on any atom is 0.282 e. The highest BCUT2D eigenvalue weighted by Crippen LogP contribution is 2.34. The van der Waals surface area contributed by atoms with Gasteiger partial charge in [-0.1, -0.05) is 25.9 Å². The van der Waals surface area contributed by atoms with Crippen LogP contribution in [0.25, 0.3) is 0 Å². The predicted octanol–water partition coefficient (Wildman–Crippen LogP) is 2.85. The molecule has 1 heterocycles. The van der Waals surface area contributed by atoms with Gasteiger partial charge in [-0.3, -0.25) is 10.1 Å². The summed E-state index contributed by atoms with van der Waals surface area (Å²) in [5, 5.41) is 6.65. The summed E-state index contributed by atoms with van der Waals surface area (Å²) < 4.78 is 16.5. The first-order valence-corrected chi connectivity index (χ1v) is 8.59. The molecule has 2 rings (SSSR count). The molecule has 0 bridgehead atoms. The smallest absolute Gasteiger partial charge is 0.282 e. The van der Waals surface area contributed by atoms with Crippen molar-refractivity contribution in [3.63, 3.8) is 0 Å². The van der Waals surface area contributed by atoms with Crippen molar-refractivity contribution in [1.29, 1.82) is 0 Å². The molecule has 1 aromatic heterocycles. The maximum atomic E-state index is 12.3. The molecule has 0 saturated heterocycles. The molecule has 1 N–H and O–H groups in total. The second-order valence-corrected chi connectivity index (χ2v) is 9.29. The van der Waals surface area contributed by atoms with E-state index in [-0.39, 0.29) is 11.3 Å². The highest BCUT2D eigenvalue weighted by molar-refractivity contribution is 7.93. The van der Waals surface area contributed by atoms with Gasteiger partial charge in [0.25, 0.3) is 5.91 Å². The predicted molar refractivity (Wildman–Crippen MR) is 83.6 cm³/mol. The SMILES string of the molecule is CC(C)(C)c1cc(NC(=O)C(C)(C)[S+]([O-])CC2CC2)on1. The molecule has 1 aromatic rings. The fourth-order valence-electron chi connectivity index (χ4n) is 1.76. The Labute approximate surface area is 129 Å². The fraction of sp³-hybridized carbons (Fsp3) is 0.733. The Balaban J connectivity index is 2.00. The second-order valence-electron chi connectivity index (χ2n) is 7.25. The van der Waals surface area contributed by atoms with Crippen molar-refractivity contribution in [1.82, 2.24) is 5.16 Å². The minimum Gasteiger partial charge on any atom is -0.616 e. The molecule has 1 aliphatic rings. The summed E-state index contributed by atoms with van der Waals surface area (Å²) in [6, 6.07) is 1.72. The van der Waals surface area contributed by atoms with Crippen LogP contribution in [-0.2, 0) is 21.4 Å². The van der Waals surface area contributed by atoms with E-state index in [0.717, 1.165) is 18.5 Å². The van der Waals surface area contributed by atoms with Crippen LogP contribution in [0.1, 0.15) is 53.2 Å². The third-order valence-corrected chi connectivity index (χ3v) is 5.81. The Morgan fingerprint density at radius 1 is 1.43 bits per heavy atom. The van der Waals surface area contributed by atoms with Gasteiger partial charge in [-0.15, -0.1) is 0 Å². The standard InChI is InChI=1S/C15H24N2O3S/c1-14(2,3)11-8-12(20-17-11)16-13(18)15(4,5)21(19)9-10-6-7-10/h8,10H,6-7,9H2,1-5H3,(H,16,18). The summed E-state index contributed by atoms with van der Waals surface area (Å²) in [6.45, 7) is 9.48. The maximum absolute atomic E-state index is 12.3. The number of hydrogen-bond donors (Lipinski definition) is 1. The van der Waals surface area contributed by atoms with Crippen molar-refractivity contribution in [3.8, 4) is 0 Å². The third kappa shape index (κ3) is 4.01. The minimum atomic E-state index is -1.19. The normalized spacial score (nSPS) is 17.6. The van der Waals surface area contributed by atoms with Gasteiger partial charge in [0.2, 0.25) is 5.88 Å². The van der Waals surface area contributed by atoms with Crippen LogP contribution in [0, 0.1) is 5.92 Å². The number of hydrogen-bond acceptors (Lipinski definition) is 4. The van der Waals surface area contributed by atoms with E-state index in [0.29, 0.717) is 17.6 Å². The van der Waals surface area contributed by atoms with Crippen LogP contribution in [-0.4, -0.2) is 26.1 Å². The van der Waals surface area contributed by atoms with Gasteiger partial charge in [0.1, 0.15) is 5.75 Å². The van der Waals surface area contributed by atoms with Gasteiger partial charge < -0.3 is 9.08 Å². The van der Waals surface area contributed by atoms with Crippen molar-refractivity contribution in [3.05, 3.63) is 11.8 Å². The van der Waals surface area contributed by atoms with E-state index in [1.165, 1.54) is 0 Å². The molecule has 1 amide bonds. The largest absolute Gasteiger partial charge is 0.616 e. The van der Waals surface area contributed by atoms with Crippen molar-refractivity contribution in [2.24, 2.45) is 5.92 Å². The summed E-state index contributed by atoms with van der Waals surface area (Å²) in [5.41, 5.74) is 0.631. The first kappa shape index (κ1) is 16.4. The van der Waals surface area contributed by atoms with Crippen LogP contribution in [0.2, 0.25) is 0 Å². The summed E-state index contributed by atoms with van der Waals surface area (Å²) in [4.78, 5) is 12.3. The molecule has 1 atom stereocenters. The number of carbonyl (C=O) groups is 1. The lowest BCUT2D eigenvalue weighted by Crippen LogP contribution is -2.45. The second kappa shape index (κ2) is 5.65. The number of amides is 1. The first-order chi connectivity index (χ1) is 9.60. The average Bonchev–Trinajstić information content (AvgIpc) is 3.03. The molecule has 0 radical (unpaired) electrons. The van der Waals surface area contributed by atoms with E-state index in [1.807, 2.05) is 20.8 Å². The lowest BCUT2D eigenvalue weighted by atomic mass is 9.92. The molecule has 118 valence electrons. The van der Waals surface area contributed by atoms with E-state index >= 15 is 0 Å². The highest BCUT2D eigenvalue weighted by atomic mass is 32.2. The van der Waals surface area contributed by atoms with Gasteiger partial charge in [-0.2, -0.15) is 0 Å². The molecule has 0 spiro atoms. The van der Waals surface area contributed by atoms with Crippen LogP contribution < -0.4 is 5.32 Å². The van der Waals surface area contributed by atoms with E-state index < -0.39 is 15.9 Å². The topological polar surface area (TPSA) is 78.2 Å². The van der Waals surface area contributed by atoms with Crippen LogP contribution >= 0.6 is 0 Å². The monoisotopic (exact) mass is 312 g/mol. The summed E-state index contributed by atoms with van der Waals surface area (Å²) >= 11 is -1.19. The Hall–Kier alpha value is -1.01. The highest BCUT2D eigenvalue weighted by Gasteiger charge is 2.43. The van der Waals surface area contributed by atoms with Crippen LogP contribution in [0.3, 0.4) is 0 Å². The van der Waals surface area contributed by atoms with Crippen molar-refractivity contribution in [2.75, 3.05) is 11.1 Å². The van der Waals surface area contributed by atoms with Crippen LogP contribution in [0.15, 0.2) is 10.6 Å². The van der Waals surface area contributed by atoms with E-state index in [2.05, 4.69) is 10.5 Å². The van der Waals surface area contributed by atoms with Gasteiger partial charge in [-0.25, -0.2) is 0 Å². The van der Waals surface area contributed by atoms with Gasteiger partial charge in [0.15, 0.2) is 4.75 Å². The molecule has 0 aliphatic heterocycles. The zero-order valence-electron chi connectivity index (χ0n) is 13.4. The summed E-state index contributed by atoms with van der Waals surface area (Å²) in [6.07, 6.45) is 2.25. The summed E-state index contributed by atoms with van der Waals surface area (Å²) in [5.74, 6) is 1.14. The van der Waals surface area contributed by atoms with E-state index in [1.54, 1.807) is 19.9 Å². The van der Waals surface area contributed by atoms with Crippen LogP contribution in [0.4, 0.5) is 5.88 Å². The number of anilines is 1. The molecule has 1 aliphatic carbocycles. The Morgan fingerprint density at radius 3 is 2.52 bits per heavy atom. The molecule has 21 heavy (non-hydrogen) atoms. The number of nitrogens with zero attached hydrogens (tertiary/aromatic N) is 1. The Bertz CT molecular complexity index is 515. The van der Waals surface area contributed by atoms with E-state index in [4.69, 9.17) is 4.52 Å². The van der Waals surface area contributed by atoms with Gasteiger partial charge >= 0.3 is 0 Å². The fourth-order valence-corrected chi connectivity index (χ4v) is 3.20. The first-order valence-electron chi connectivity index (χ1n) is 7.28. The van der Waals surface area contributed by atoms with Crippen LogP contribution in [0.5, 0.6) is 0 Å². The minimum absolute atomic E-state index is 0.142. The molecule has 0 aromatic carbocycles. The lowest BCUT2D eigenvalue weighted by molar-refractivity contribution is -0.118. The zero-order valence-corrected chi connectivity index (χ0v) is 14.2. The molecule has 6 heteroatoms. The third-order valence-electron chi connectivity index (χ3n) is 3.72. The molecular formula is C15H24N2O3S. The molecule has 1 saturated carbocycles. The molecule has 1 unspecified atom stereocenters. The van der Waals surface area contributed by atoms with Crippen molar-refractivity contribution < 1.29 is 13.9 Å². The Kier molecular flexibility index (Phi) is 4.40. The van der Waals surface area contributed by atoms with Crippen molar-refractivity contribution in [2.45, 2.75) is 57.6 Å². The quantitative estimate of drug-likeness (QED) is 0.848. The Morgan fingerprint density at radius 2 is 2.05 bits per heavy atom. The molecule has 1 fully saturated rings. The average molecular weight is 312 g/mol. The van der Waals surface area contributed by atoms with Crippen molar-refractivity contribution >= 4 is 23.0 Å². The van der Waals surface area contributed by atoms with Gasteiger partial charge in [0, 0.05) is 17.4 Å². The number of aromatic nitrogens is 1. The zero-order chi connectivity index (χ0) is 15.8. The molecule has 5 nitrogen and oxygen atoms in total. The lowest BCUT2D eigenvalue weighted by Gasteiger charge is -2.26. The number of rotatable bonds is 5. The molecular weight excluding hydrogens is 288 g/mol. The van der Waals surface area contributed by atoms with Gasteiger partial charge in [0.05, 0.1) is 5.69 Å². The van der Waals surface area contributed by atoms with E-state index in [9.17, 15) is 9.35 Å². The number of nitrogens with one attached hydrogen (secondary N) is 1. The van der Waals surface area contributed by atoms with Gasteiger partial charge in [-0.05, 0) is 37.9 Å².